The van der Waals surface area contributed by atoms with Crippen LogP contribution in [0.5, 0.6) is 5.75 Å². The number of hydrogen-bond donors (Lipinski definition) is 2. The lowest BCUT2D eigenvalue weighted by Crippen LogP contribution is -2.46. The van der Waals surface area contributed by atoms with Crippen molar-refractivity contribution in [3.63, 3.8) is 0 Å². The van der Waals surface area contributed by atoms with Crippen LogP contribution in [0.25, 0.3) is 0 Å². The summed E-state index contributed by atoms with van der Waals surface area (Å²) in [6.45, 7) is 11.2. The summed E-state index contributed by atoms with van der Waals surface area (Å²) in [5, 5.41) is 13.5. The van der Waals surface area contributed by atoms with Gasteiger partial charge in [0.05, 0.1) is 5.60 Å². The third-order valence-corrected chi connectivity index (χ3v) is 3.57. The third-order valence-electron chi connectivity index (χ3n) is 3.57. The van der Waals surface area contributed by atoms with E-state index >= 15 is 0 Å². The highest BCUT2D eigenvalue weighted by molar-refractivity contribution is 5.26. The number of ether oxygens (including phenoxy) is 1. The van der Waals surface area contributed by atoms with Crippen molar-refractivity contribution in [2.45, 2.75) is 46.3 Å². The van der Waals surface area contributed by atoms with Gasteiger partial charge in [-0.05, 0) is 38.8 Å². The molecule has 0 heterocycles. The number of rotatable bonds is 7. The summed E-state index contributed by atoms with van der Waals surface area (Å²) in [4.78, 5) is 0. The maximum atomic E-state index is 10.2. The van der Waals surface area contributed by atoms with E-state index in [2.05, 4.69) is 19.2 Å². The topological polar surface area (TPSA) is 41.5 Å². The number of aryl methyl sites for hydroxylation is 1. The number of hydrogen-bond acceptors (Lipinski definition) is 3. The molecule has 108 valence electrons. The van der Waals surface area contributed by atoms with Crippen LogP contribution in [0.15, 0.2) is 24.3 Å². The zero-order chi connectivity index (χ0) is 14.5. The van der Waals surface area contributed by atoms with Gasteiger partial charge in [0.2, 0.25) is 0 Å². The van der Waals surface area contributed by atoms with Crippen molar-refractivity contribution in [3.05, 3.63) is 29.8 Å². The smallest absolute Gasteiger partial charge is 0.119 e. The van der Waals surface area contributed by atoms with E-state index in [0.29, 0.717) is 13.2 Å². The molecule has 19 heavy (non-hydrogen) atoms. The molecule has 2 N–H and O–H groups in total. The predicted octanol–water partition coefficient (Wildman–Crippen LogP) is 2.76. The van der Waals surface area contributed by atoms with Gasteiger partial charge in [0.1, 0.15) is 12.4 Å². The zero-order valence-electron chi connectivity index (χ0n) is 12.7. The third kappa shape index (κ3) is 5.62. The van der Waals surface area contributed by atoms with E-state index in [4.69, 9.17) is 4.74 Å². The molecule has 2 atom stereocenters. The molecule has 2 unspecified atom stereocenters. The molecule has 0 amide bonds. The van der Waals surface area contributed by atoms with Gasteiger partial charge in [-0.25, -0.2) is 0 Å². The molecule has 0 saturated carbocycles. The van der Waals surface area contributed by atoms with E-state index in [-0.39, 0.29) is 12.0 Å². The molecule has 0 fully saturated rings. The van der Waals surface area contributed by atoms with Crippen molar-refractivity contribution in [1.82, 2.24) is 5.32 Å². The fourth-order valence-electron chi connectivity index (χ4n) is 1.50. The minimum atomic E-state index is -0.682. The van der Waals surface area contributed by atoms with Crippen LogP contribution in [0.3, 0.4) is 0 Å². The van der Waals surface area contributed by atoms with Gasteiger partial charge in [-0.2, -0.15) is 0 Å². The molecule has 0 aliphatic heterocycles. The Bertz CT molecular complexity index is 371. The molecular formula is C16H27NO2. The molecule has 0 aliphatic rings. The van der Waals surface area contributed by atoms with Gasteiger partial charge in [0.15, 0.2) is 0 Å². The van der Waals surface area contributed by atoms with E-state index in [1.165, 1.54) is 5.56 Å². The number of benzene rings is 1. The first-order valence-corrected chi connectivity index (χ1v) is 6.96. The van der Waals surface area contributed by atoms with E-state index < -0.39 is 5.60 Å². The second kappa shape index (κ2) is 6.92. The van der Waals surface area contributed by atoms with Crippen molar-refractivity contribution in [1.29, 1.82) is 0 Å². The van der Waals surface area contributed by atoms with Gasteiger partial charge < -0.3 is 15.2 Å². The standard InChI is InChI=1S/C16H27NO2/c1-12(2)16(5,18)11-17-14(4)10-19-15-8-6-13(3)7-9-15/h6-9,12,14,17-18H,10-11H2,1-5H3. The second-order valence-corrected chi connectivity index (χ2v) is 5.92. The Kier molecular flexibility index (Phi) is 5.83. The SMILES string of the molecule is Cc1ccc(OCC(C)NCC(C)(O)C(C)C)cc1. The summed E-state index contributed by atoms with van der Waals surface area (Å²) >= 11 is 0. The molecule has 1 aromatic rings. The van der Waals surface area contributed by atoms with Crippen LogP contribution in [-0.2, 0) is 0 Å². The quantitative estimate of drug-likeness (QED) is 0.796. The first kappa shape index (κ1) is 16.0. The maximum Gasteiger partial charge on any atom is 0.119 e. The van der Waals surface area contributed by atoms with E-state index in [1.54, 1.807) is 0 Å². The summed E-state index contributed by atoms with van der Waals surface area (Å²) in [6.07, 6.45) is 0. The molecule has 1 aromatic carbocycles. The number of nitrogens with one attached hydrogen (secondary N) is 1. The van der Waals surface area contributed by atoms with E-state index in [0.717, 1.165) is 5.75 Å². The predicted molar refractivity (Wildman–Crippen MR) is 79.6 cm³/mol. The van der Waals surface area contributed by atoms with Gasteiger partial charge >= 0.3 is 0 Å². The van der Waals surface area contributed by atoms with Crippen molar-refractivity contribution >= 4 is 0 Å². The fraction of sp³-hybridized carbons (Fsp3) is 0.625. The van der Waals surface area contributed by atoms with E-state index in [1.807, 2.05) is 45.0 Å². The summed E-state index contributed by atoms with van der Waals surface area (Å²) in [5.41, 5.74) is 0.546. The van der Waals surface area contributed by atoms with Crippen LogP contribution in [0.2, 0.25) is 0 Å². The Morgan fingerprint density at radius 2 is 1.79 bits per heavy atom. The zero-order valence-corrected chi connectivity index (χ0v) is 12.7. The van der Waals surface area contributed by atoms with Gasteiger partial charge in [-0.15, -0.1) is 0 Å². The molecule has 1 rings (SSSR count). The molecule has 0 saturated heterocycles. The molecule has 3 nitrogen and oxygen atoms in total. The lowest BCUT2D eigenvalue weighted by Gasteiger charge is -2.29. The Balaban J connectivity index is 2.32. The fourth-order valence-corrected chi connectivity index (χ4v) is 1.50. The van der Waals surface area contributed by atoms with Gasteiger partial charge in [0.25, 0.3) is 0 Å². The molecule has 0 bridgehead atoms. The summed E-state index contributed by atoms with van der Waals surface area (Å²) in [6, 6.07) is 8.23. The lowest BCUT2D eigenvalue weighted by atomic mass is 9.92. The van der Waals surface area contributed by atoms with Gasteiger partial charge in [-0.1, -0.05) is 31.5 Å². The van der Waals surface area contributed by atoms with Crippen LogP contribution in [0, 0.1) is 12.8 Å². The minimum absolute atomic E-state index is 0.200. The highest BCUT2D eigenvalue weighted by atomic mass is 16.5. The maximum absolute atomic E-state index is 10.2. The molecule has 0 aromatic heterocycles. The summed E-state index contributed by atoms with van der Waals surface area (Å²) in [7, 11) is 0. The van der Waals surface area contributed by atoms with Crippen molar-refractivity contribution in [2.24, 2.45) is 5.92 Å². The Morgan fingerprint density at radius 1 is 1.21 bits per heavy atom. The Labute approximate surface area is 117 Å². The normalized spacial score (nSPS) is 16.2. The average Bonchev–Trinajstić information content (AvgIpc) is 2.35. The average molecular weight is 265 g/mol. The number of aliphatic hydroxyl groups is 1. The van der Waals surface area contributed by atoms with E-state index in [9.17, 15) is 5.11 Å². The molecule has 0 aliphatic carbocycles. The van der Waals surface area contributed by atoms with Crippen LogP contribution < -0.4 is 10.1 Å². The van der Waals surface area contributed by atoms with Crippen LogP contribution in [0.1, 0.15) is 33.3 Å². The first-order chi connectivity index (χ1) is 8.81. The molecular weight excluding hydrogens is 238 g/mol. The van der Waals surface area contributed by atoms with Crippen LogP contribution in [-0.4, -0.2) is 29.9 Å². The monoisotopic (exact) mass is 265 g/mol. The molecule has 3 heteroatoms. The molecule has 0 radical (unpaired) electrons. The van der Waals surface area contributed by atoms with Gasteiger partial charge in [-0.3, -0.25) is 0 Å². The summed E-state index contributed by atoms with van der Waals surface area (Å²) in [5.74, 6) is 1.11. The Hall–Kier alpha value is -1.06. The minimum Gasteiger partial charge on any atom is -0.492 e. The van der Waals surface area contributed by atoms with Crippen LogP contribution >= 0.6 is 0 Å². The summed E-state index contributed by atoms with van der Waals surface area (Å²) < 4.78 is 5.70. The second-order valence-electron chi connectivity index (χ2n) is 5.92. The largest absolute Gasteiger partial charge is 0.492 e. The van der Waals surface area contributed by atoms with Crippen molar-refractivity contribution < 1.29 is 9.84 Å². The van der Waals surface area contributed by atoms with Crippen molar-refractivity contribution in [3.8, 4) is 5.75 Å². The van der Waals surface area contributed by atoms with Gasteiger partial charge in [0, 0.05) is 12.6 Å². The highest BCUT2D eigenvalue weighted by Crippen LogP contribution is 2.15. The first-order valence-electron chi connectivity index (χ1n) is 6.96. The molecule has 0 spiro atoms. The Morgan fingerprint density at radius 3 is 2.32 bits per heavy atom. The lowest BCUT2D eigenvalue weighted by molar-refractivity contribution is 0.0110. The highest BCUT2D eigenvalue weighted by Gasteiger charge is 2.24. The van der Waals surface area contributed by atoms with Crippen molar-refractivity contribution in [2.75, 3.05) is 13.2 Å². The van der Waals surface area contributed by atoms with Crippen LogP contribution in [0.4, 0.5) is 0 Å².